The molecule has 0 saturated carbocycles. The minimum atomic E-state index is -0.110. The summed E-state index contributed by atoms with van der Waals surface area (Å²) in [7, 11) is 1.97. The fraction of sp³-hybridized carbons (Fsp3) is 0.250. The molecule has 0 aliphatic carbocycles. The second-order valence-electron chi connectivity index (χ2n) is 5.27. The van der Waals surface area contributed by atoms with Crippen LogP contribution in [0.15, 0.2) is 50.3 Å². The summed E-state index contributed by atoms with van der Waals surface area (Å²) in [6.07, 6.45) is 0. The largest absolute Gasteiger partial charge is 0.453 e. The Balaban J connectivity index is 1.88. The van der Waals surface area contributed by atoms with Gasteiger partial charge in [-0.1, -0.05) is 12.1 Å². The number of furan rings is 1. The van der Waals surface area contributed by atoms with Crippen LogP contribution in [0, 0.1) is 0 Å². The average molecular weight is 362 g/mol. The summed E-state index contributed by atoms with van der Waals surface area (Å²) in [5, 5.41) is 0.607. The van der Waals surface area contributed by atoms with Gasteiger partial charge in [0.15, 0.2) is 4.67 Å². The highest BCUT2D eigenvalue weighted by Gasteiger charge is 2.17. The van der Waals surface area contributed by atoms with Crippen molar-refractivity contribution in [2.75, 3.05) is 7.05 Å². The van der Waals surface area contributed by atoms with E-state index in [1.807, 2.05) is 44.3 Å². The molecule has 0 radical (unpaired) electrons. The molecule has 0 aliphatic rings. The van der Waals surface area contributed by atoms with Gasteiger partial charge in [-0.05, 0) is 54.2 Å². The molecular formula is C16H16BrN3O2. The lowest BCUT2D eigenvalue weighted by molar-refractivity contribution is 0.223. The molecule has 0 bridgehead atoms. The first-order valence-electron chi connectivity index (χ1n) is 6.98. The number of aromatic nitrogens is 2. The summed E-state index contributed by atoms with van der Waals surface area (Å²) in [6, 6.07) is 11.1. The first-order chi connectivity index (χ1) is 10.5. The van der Waals surface area contributed by atoms with E-state index in [1.54, 1.807) is 6.07 Å². The Bertz CT molecular complexity index is 856. The second kappa shape index (κ2) is 6.06. The summed E-state index contributed by atoms with van der Waals surface area (Å²) < 4.78 is 6.23. The van der Waals surface area contributed by atoms with Crippen molar-refractivity contribution in [1.82, 2.24) is 14.9 Å². The topological polar surface area (TPSA) is 62.1 Å². The quantitative estimate of drug-likeness (QED) is 0.772. The van der Waals surface area contributed by atoms with Crippen LogP contribution in [0.5, 0.6) is 0 Å². The fourth-order valence-electron chi connectivity index (χ4n) is 2.33. The van der Waals surface area contributed by atoms with E-state index in [9.17, 15) is 4.79 Å². The molecular weight excluding hydrogens is 346 g/mol. The maximum absolute atomic E-state index is 12.1. The molecule has 1 atom stereocenters. The molecule has 0 saturated heterocycles. The minimum absolute atomic E-state index is 0.0406. The Hall–Kier alpha value is -1.92. The average Bonchev–Trinajstić information content (AvgIpc) is 2.91. The molecule has 1 aromatic carbocycles. The van der Waals surface area contributed by atoms with E-state index in [1.165, 1.54) is 0 Å². The number of benzene rings is 1. The molecule has 1 N–H and O–H groups in total. The highest BCUT2D eigenvalue weighted by Crippen LogP contribution is 2.21. The summed E-state index contributed by atoms with van der Waals surface area (Å²) in [5.74, 6) is 1.50. The number of para-hydroxylation sites is 1. The molecule has 0 aliphatic heterocycles. The van der Waals surface area contributed by atoms with Gasteiger partial charge in [-0.3, -0.25) is 9.69 Å². The Morgan fingerprint density at radius 2 is 2.09 bits per heavy atom. The molecule has 0 fully saturated rings. The molecule has 0 amide bonds. The Morgan fingerprint density at radius 3 is 2.82 bits per heavy atom. The minimum Gasteiger partial charge on any atom is -0.453 e. The van der Waals surface area contributed by atoms with E-state index in [2.05, 4.69) is 30.8 Å². The molecule has 114 valence electrons. The number of fused-ring (bicyclic) bond motifs is 1. The molecule has 2 heterocycles. The van der Waals surface area contributed by atoms with Crippen LogP contribution in [0.25, 0.3) is 10.9 Å². The van der Waals surface area contributed by atoms with Gasteiger partial charge in [0.1, 0.15) is 11.6 Å². The molecule has 6 heteroatoms. The van der Waals surface area contributed by atoms with Crippen LogP contribution in [0.1, 0.15) is 24.6 Å². The number of nitrogens with zero attached hydrogens (tertiary/aromatic N) is 2. The Morgan fingerprint density at radius 1 is 1.32 bits per heavy atom. The van der Waals surface area contributed by atoms with Gasteiger partial charge in [0.25, 0.3) is 5.56 Å². The van der Waals surface area contributed by atoms with Crippen LogP contribution in [0.4, 0.5) is 0 Å². The second-order valence-corrected chi connectivity index (χ2v) is 6.05. The molecule has 5 nitrogen and oxygen atoms in total. The number of H-pyrrole nitrogens is 1. The predicted molar refractivity (Wildman–Crippen MR) is 88.7 cm³/mol. The zero-order valence-corrected chi connectivity index (χ0v) is 13.9. The van der Waals surface area contributed by atoms with Gasteiger partial charge in [-0.15, -0.1) is 0 Å². The summed E-state index contributed by atoms with van der Waals surface area (Å²) >= 11 is 3.30. The van der Waals surface area contributed by atoms with Gasteiger partial charge in [0.05, 0.1) is 23.5 Å². The van der Waals surface area contributed by atoms with Gasteiger partial charge >= 0.3 is 0 Å². The van der Waals surface area contributed by atoms with E-state index in [4.69, 9.17) is 4.42 Å². The maximum atomic E-state index is 12.1. The van der Waals surface area contributed by atoms with Crippen LogP contribution >= 0.6 is 15.9 Å². The van der Waals surface area contributed by atoms with Crippen LogP contribution in [-0.4, -0.2) is 21.9 Å². The van der Waals surface area contributed by atoms with Crippen molar-refractivity contribution in [1.29, 1.82) is 0 Å². The van der Waals surface area contributed by atoms with Crippen molar-refractivity contribution in [2.45, 2.75) is 19.5 Å². The zero-order valence-electron chi connectivity index (χ0n) is 12.3. The zero-order chi connectivity index (χ0) is 15.7. The Labute approximate surface area is 136 Å². The first kappa shape index (κ1) is 15.0. The lowest BCUT2D eigenvalue weighted by Gasteiger charge is -2.22. The van der Waals surface area contributed by atoms with E-state index < -0.39 is 0 Å². The van der Waals surface area contributed by atoms with Crippen LogP contribution in [0.2, 0.25) is 0 Å². The van der Waals surface area contributed by atoms with E-state index in [0.29, 0.717) is 27.9 Å². The smallest absolute Gasteiger partial charge is 0.258 e. The van der Waals surface area contributed by atoms with Gasteiger partial charge in [0, 0.05) is 0 Å². The van der Waals surface area contributed by atoms with Gasteiger partial charge in [-0.25, -0.2) is 4.98 Å². The number of rotatable bonds is 4. The summed E-state index contributed by atoms with van der Waals surface area (Å²) in [4.78, 5) is 21.7. The third-order valence-electron chi connectivity index (χ3n) is 3.72. The number of hydrogen-bond acceptors (Lipinski definition) is 4. The normalized spacial score (nSPS) is 12.9. The number of hydrogen-bond donors (Lipinski definition) is 1. The lowest BCUT2D eigenvalue weighted by Crippen LogP contribution is -2.25. The van der Waals surface area contributed by atoms with Crippen molar-refractivity contribution in [3.63, 3.8) is 0 Å². The van der Waals surface area contributed by atoms with Gasteiger partial charge < -0.3 is 9.40 Å². The van der Waals surface area contributed by atoms with E-state index in [0.717, 1.165) is 5.76 Å². The monoisotopic (exact) mass is 361 g/mol. The van der Waals surface area contributed by atoms with Gasteiger partial charge in [-0.2, -0.15) is 0 Å². The van der Waals surface area contributed by atoms with Crippen LogP contribution in [0.3, 0.4) is 0 Å². The number of halogens is 1. The molecule has 2 aromatic heterocycles. The Kier molecular flexibility index (Phi) is 4.13. The van der Waals surface area contributed by atoms with Gasteiger partial charge in [0.2, 0.25) is 0 Å². The molecule has 0 spiro atoms. The summed E-state index contributed by atoms with van der Waals surface area (Å²) in [6.45, 7) is 2.63. The van der Waals surface area contributed by atoms with Crippen molar-refractivity contribution >= 4 is 26.8 Å². The van der Waals surface area contributed by atoms with E-state index in [-0.39, 0.29) is 11.6 Å². The predicted octanol–water partition coefficient (Wildman–Crippen LogP) is 3.47. The lowest BCUT2D eigenvalue weighted by atomic mass is 10.2. The standard InChI is InChI=1S/C16H16BrN3O2/c1-10(20(2)9-11-7-8-14(17)22-11)15-18-13-6-4-3-5-12(13)16(21)19-15/h3-8,10H,9H2,1-2H3,(H,18,19,21). The molecule has 1 unspecified atom stereocenters. The first-order valence-corrected chi connectivity index (χ1v) is 7.77. The molecule has 22 heavy (non-hydrogen) atoms. The highest BCUT2D eigenvalue weighted by molar-refractivity contribution is 9.10. The van der Waals surface area contributed by atoms with Crippen LogP contribution in [-0.2, 0) is 6.54 Å². The van der Waals surface area contributed by atoms with Crippen molar-refractivity contribution in [3.05, 3.63) is 63.0 Å². The number of nitrogens with one attached hydrogen (secondary N) is 1. The molecule has 3 aromatic rings. The highest BCUT2D eigenvalue weighted by atomic mass is 79.9. The van der Waals surface area contributed by atoms with Crippen LogP contribution < -0.4 is 5.56 Å². The third-order valence-corrected chi connectivity index (χ3v) is 4.15. The van der Waals surface area contributed by atoms with Crippen molar-refractivity contribution in [3.8, 4) is 0 Å². The van der Waals surface area contributed by atoms with Crippen molar-refractivity contribution in [2.24, 2.45) is 0 Å². The fourth-order valence-corrected chi connectivity index (χ4v) is 2.67. The van der Waals surface area contributed by atoms with Crippen molar-refractivity contribution < 1.29 is 4.42 Å². The van der Waals surface area contributed by atoms with E-state index >= 15 is 0 Å². The SMILES string of the molecule is CC(c1nc2ccccc2c(=O)[nH]1)N(C)Cc1ccc(Br)o1. The number of aromatic amines is 1. The third kappa shape index (κ3) is 2.98. The maximum Gasteiger partial charge on any atom is 0.258 e. The summed E-state index contributed by atoms with van der Waals surface area (Å²) in [5.41, 5.74) is 0.601. The molecule has 3 rings (SSSR count).